The van der Waals surface area contributed by atoms with E-state index in [1.807, 2.05) is 26.8 Å². The summed E-state index contributed by atoms with van der Waals surface area (Å²) in [5, 5.41) is 1.22. The number of nitrogens with one attached hydrogen (secondary N) is 3. The maximum absolute atomic E-state index is 12.3. The van der Waals surface area contributed by atoms with Gasteiger partial charge < -0.3 is 9.72 Å². The Hall–Kier alpha value is -2.91. The van der Waals surface area contributed by atoms with Crippen LogP contribution < -0.4 is 21.1 Å². The van der Waals surface area contributed by atoms with Gasteiger partial charge in [0.25, 0.3) is 5.56 Å². The van der Waals surface area contributed by atoms with E-state index in [9.17, 15) is 14.4 Å². The third kappa shape index (κ3) is 5.83. The van der Waals surface area contributed by atoms with Crippen LogP contribution in [0.5, 0.6) is 5.75 Å². The Kier molecular flexibility index (Phi) is 7.29. The molecule has 0 aliphatic heterocycles. The minimum Gasteiger partial charge on any atom is -0.494 e. The molecule has 0 saturated heterocycles. The summed E-state index contributed by atoms with van der Waals surface area (Å²) in [4.78, 5) is 44.8. The lowest BCUT2D eigenvalue weighted by Gasteiger charge is -2.09. The minimum atomic E-state index is -0.478. The standard InChI is InChI=1S/C21H23ClN4O4S/c1-11-9-14(6-7-15(11)22)30-8-4-5-17(27)25-26-18(28)10-16-23-20(29)19-12(2)13(3)31-21(19)24-16/h6-7,9H,4-5,8,10H2,1-3H3,(H,25,27)(H,26,28)(H,23,24,29). The third-order valence-electron chi connectivity index (χ3n) is 4.70. The van der Waals surface area contributed by atoms with E-state index in [4.69, 9.17) is 16.3 Å². The number of amides is 2. The molecule has 3 rings (SSSR count). The number of aryl methyl sites for hydroxylation is 3. The van der Waals surface area contributed by atoms with E-state index in [-0.39, 0.29) is 30.1 Å². The molecule has 164 valence electrons. The predicted octanol–water partition coefficient (Wildman–Crippen LogP) is 3.11. The Bertz CT molecular complexity index is 1190. The third-order valence-corrected chi connectivity index (χ3v) is 6.23. The first-order valence-corrected chi connectivity index (χ1v) is 10.9. The first-order valence-electron chi connectivity index (χ1n) is 9.70. The molecule has 31 heavy (non-hydrogen) atoms. The van der Waals surface area contributed by atoms with Crippen molar-refractivity contribution in [1.82, 2.24) is 20.8 Å². The molecule has 0 aliphatic rings. The van der Waals surface area contributed by atoms with Gasteiger partial charge in [-0.05, 0) is 56.5 Å². The summed E-state index contributed by atoms with van der Waals surface area (Å²) in [6.45, 7) is 6.03. The largest absolute Gasteiger partial charge is 0.494 e. The Morgan fingerprint density at radius 1 is 1.19 bits per heavy atom. The number of carbonyl (C=O) groups excluding carboxylic acids is 2. The monoisotopic (exact) mass is 462 g/mol. The van der Waals surface area contributed by atoms with E-state index < -0.39 is 5.91 Å². The second-order valence-electron chi connectivity index (χ2n) is 7.11. The van der Waals surface area contributed by atoms with Gasteiger partial charge in [-0.2, -0.15) is 0 Å². The van der Waals surface area contributed by atoms with Gasteiger partial charge in [0.15, 0.2) is 0 Å². The van der Waals surface area contributed by atoms with Crippen LogP contribution in [0.15, 0.2) is 23.0 Å². The molecular weight excluding hydrogens is 440 g/mol. The lowest BCUT2D eigenvalue weighted by molar-refractivity contribution is -0.128. The lowest BCUT2D eigenvalue weighted by atomic mass is 10.2. The highest BCUT2D eigenvalue weighted by molar-refractivity contribution is 7.18. The van der Waals surface area contributed by atoms with Crippen molar-refractivity contribution in [1.29, 1.82) is 0 Å². The molecule has 0 atom stereocenters. The van der Waals surface area contributed by atoms with Crippen molar-refractivity contribution in [3.8, 4) is 5.75 Å². The zero-order valence-corrected chi connectivity index (χ0v) is 19.0. The van der Waals surface area contributed by atoms with Crippen molar-refractivity contribution in [2.75, 3.05) is 6.61 Å². The zero-order chi connectivity index (χ0) is 22.5. The number of hydrazine groups is 1. The SMILES string of the molecule is Cc1cc(OCCCC(=O)NNC(=O)Cc2nc3sc(C)c(C)c3c(=O)[nH]2)ccc1Cl. The van der Waals surface area contributed by atoms with Gasteiger partial charge in [-0.15, -0.1) is 11.3 Å². The van der Waals surface area contributed by atoms with E-state index in [0.717, 1.165) is 16.0 Å². The van der Waals surface area contributed by atoms with Crippen molar-refractivity contribution >= 4 is 45.0 Å². The normalized spacial score (nSPS) is 10.8. The van der Waals surface area contributed by atoms with E-state index in [2.05, 4.69) is 20.8 Å². The maximum atomic E-state index is 12.3. The van der Waals surface area contributed by atoms with Crippen LogP contribution in [-0.2, 0) is 16.0 Å². The van der Waals surface area contributed by atoms with Crippen molar-refractivity contribution < 1.29 is 14.3 Å². The number of halogens is 1. The second-order valence-corrected chi connectivity index (χ2v) is 8.72. The number of aromatic nitrogens is 2. The van der Waals surface area contributed by atoms with E-state index in [0.29, 0.717) is 34.0 Å². The number of hydrogen-bond acceptors (Lipinski definition) is 6. The summed E-state index contributed by atoms with van der Waals surface area (Å²) in [5.41, 5.74) is 6.23. The molecule has 0 radical (unpaired) electrons. The van der Waals surface area contributed by atoms with Gasteiger partial charge in [-0.3, -0.25) is 25.2 Å². The quantitative estimate of drug-likeness (QED) is 0.369. The highest BCUT2D eigenvalue weighted by atomic mass is 35.5. The van der Waals surface area contributed by atoms with E-state index in [1.165, 1.54) is 11.3 Å². The number of rotatable bonds is 7. The Morgan fingerprint density at radius 3 is 2.68 bits per heavy atom. The van der Waals surface area contributed by atoms with Crippen LogP contribution in [-0.4, -0.2) is 28.4 Å². The molecular formula is C21H23ClN4O4S. The summed E-state index contributed by atoms with van der Waals surface area (Å²) in [7, 11) is 0. The topological polar surface area (TPSA) is 113 Å². The Labute approximate surface area is 188 Å². The van der Waals surface area contributed by atoms with E-state index >= 15 is 0 Å². The highest BCUT2D eigenvalue weighted by Gasteiger charge is 2.14. The number of fused-ring (bicyclic) bond motifs is 1. The molecule has 0 aliphatic carbocycles. The molecule has 0 unspecified atom stereocenters. The first-order chi connectivity index (χ1) is 14.7. The number of aromatic amines is 1. The van der Waals surface area contributed by atoms with Gasteiger partial charge >= 0.3 is 0 Å². The molecule has 0 bridgehead atoms. The van der Waals surface area contributed by atoms with Gasteiger partial charge in [0, 0.05) is 16.3 Å². The number of carbonyl (C=O) groups is 2. The first kappa shape index (κ1) is 22.8. The second kappa shape index (κ2) is 9.93. The lowest BCUT2D eigenvalue weighted by Crippen LogP contribution is -2.42. The number of nitrogens with zero attached hydrogens (tertiary/aromatic N) is 1. The van der Waals surface area contributed by atoms with Gasteiger partial charge in [-0.1, -0.05) is 11.6 Å². The average molecular weight is 463 g/mol. The average Bonchev–Trinajstić information content (AvgIpc) is 3.00. The van der Waals surface area contributed by atoms with Crippen molar-refractivity contribution in [2.24, 2.45) is 0 Å². The van der Waals surface area contributed by atoms with Crippen molar-refractivity contribution in [3.05, 3.63) is 55.4 Å². The molecule has 2 aromatic heterocycles. The molecule has 3 N–H and O–H groups in total. The number of H-pyrrole nitrogens is 1. The fourth-order valence-electron chi connectivity index (χ4n) is 2.91. The number of benzene rings is 1. The van der Waals surface area contributed by atoms with Crippen molar-refractivity contribution in [3.63, 3.8) is 0 Å². The molecule has 0 saturated carbocycles. The van der Waals surface area contributed by atoms with Gasteiger partial charge in [0.2, 0.25) is 11.8 Å². The number of ether oxygens (including phenoxy) is 1. The van der Waals surface area contributed by atoms with Gasteiger partial charge in [-0.25, -0.2) is 4.98 Å². The molecule has 8 nitrogen and oxygen atoms in total. The van der Waals surface area contributed by atoms with Gasteiger partial charge in [0.05, 0.1) is 18.4 Å². The molecule has 3 aromatic rings. The summed E-state index contributed by atoms with van der Waals surface area (Å²) >= 11 is 7.38. The Balaban J connectivity index is 1.42. The molecule has 0 spiro atoms. The molecule has 2 heterocycles. The Morgan fingerprint density at radius 2 is 1.94 bits per heavy atom. The maximum Gasteiger partial charge on any atom is 0.259 e. The minimum absolute atomic E-state index is 0.152. The van der Waals surface area contributed by atoms with Crippen LogP contribution in [0, 0.1) is 20.8 Å². The molecule has 0 fully saturated rings. The van der Waals surface area contributed by atoms with Crippen LogP contribution in [0.1, 0.15) is 34.7 Å². The van der Waals surface area contributed by atoms with Crippen LogP contribution in [0.3, 0.4) is 0 Å². The predicted molar refractivity (Wildman–Crippen MR) is 121 cm³/mol. The molecule has 1 aromatic carbocycles. The van der Waals surface area contributed by atoms with Gasteiger partial charge in [0.1, 0.15) is 16.4 Å². The summed E-state index contributed by atoms with van der Waals surface area (Å²) in [6.07, 6.45) is 0.508. The van der Waals surface area contributed by atoms with Crippen LogP contribution in [0.4, 0.5) is 0 Å². The van der Waals surface area contributed by atoms with Crippen LogP contribution in [0.25, 0.3) is 10.2 Å². The van der Waals surface area contributed by atoms with Crippen LogP contribution >= 0.6 is 22.9 Å². The fraction of sp³-hybridized carbons (Fsp3) is 0.333. The molecule has 2 amide bonds. The smallest absolute Gasteiger partial charge is 0.259 e. The van der Waals surface area contributed by atoms with Crippen molar-refractivity contribution in [2.45, 2.75) is 40.0 Å². The summed E-state index contributed by atoms with van der Waals surface area (Å²) < 4.78 is 5.59. The number of hydrogen-bond donors (Lipinski definition) is 3. The number of thiophene rings is 1. The zero-order valence-electron chi connectivity index (χ0n) is 17.4. The summed E-state index contributed by atoms with van der Waals surface area (Å²) in [5.74, 6) is 0.113. The van der Waals surface area contributed by atoms with Crippen LogP contribution in [0.2, 0.25) is 5.02 Å². The van der Waals surface area contributed by atoms with E-state index in [1.54, 1.807) is 12.1 Å². The molecule has 10 heteroatoms. The summed E-state index contributed by atoms with van der Waals surface area (Å²) in [6, 6.07) is 5.36. The highest BCUT2D eigenvalue weighted by Crippen LogP contribution is 2.25. The fourth-order valence-corrected chi connectivity index (χ4v) is 4.08.